The number of aliphatic hydroxyl groups excluding tert-OH is 1. The van der Waals surface area contributed by atoms with E-state index in [0.29, 0.717) is 5.92 Å². The van der Waals surface area contributed by atoms with Gasteiger partial charge in [-0.15, -0.1) is 0 Å². The third-order valence-electron chi connectivity index (χ3n) is 4.51. The van der Waals surface area contributed by atoms with Crippen LogP contribution in [0.15, 0.2) is 30.7 Å². The summed E-state index contributed by atoms with van der Waals surface area (Å²) >= 11 is 0. The van der Waals surface area contributed by atoms with Crippen LogP contribution in [0, 0.1) is 0 Å². The van der Waals surface area contributed by atoms with E-state index in [0.717, 1.165) is 43.0 Å². The van der Waals surface area contributed by atoms with Crippen molar-refractivity contribution < 1.29 is 5.11 Å². The van der Waals surface area contributed by atoms with Gasteiger partial charge in [0.2, 0.25) is 5.95 Å². The minimum absolute atomic E-state index is 0.171. The van der Waals surface area contributed by atoms with Crippen molar-refractivity contribution in [2.45, 2.75) is 37.7 Å². The summed E-state index contributed by atoms with van der Waals surface area (Å²) in [7, 11) is 0. The summed E-state index contributed by atoms with van der Waals surface area (Å²) in [5, 5.41) is 9.65. The van der Waals surface area contributed by atoms with Crippen LogP contribution >= 0.6 is 0 Å². The van der Waals surface area contributed by atoms with E-state index >= 15 is 0 Å². The highest BCUT2D eigenvalue weighted by molar-refractivity contribution is 5.66. The number of piperidine rings is 1. The van der Waals surface area contributed by atoms with E-state index < -0.39 is 0 Å². The molecule has 1 saturated carbocycles. The first-order chi connectivity index (χ1) is 10.8. The van der Waals surface area contributed by atoms with Crippen molar-refractivity contribution in [3.63, 3.8) is 0 Å². The molecule has 114 valence electrons. The Labute approximate surface area is 130 Å². The van der Waals surface area contributed by atoms with Crippen LogP contribution in [0.4, 0.5) is 5.95 Å². The third kappa shape index (κ3) is 2.68. The first kappa shape index (κ1) is 13.6. The van der Waals surface area contributed by atoms with Gasteiger partial charge in [0.15, 0.2) is 0 Å². The second kappa shape index (κ2) is 5.65. The Morgan fingerprint density at radius 1 is 1.05 bits per heavy atom. The fraction of sp³-hybridized carbons (Fsp3) is 0.471. The average molecular weight is 296 g/mol. The molecule has 1 N–H and O–H groups in total. The van der Waals surface area contributed by atoms with Crippen molar-refractivity contribution in [2.24, 2.45) is 0 Å². The zero-order valence-electron chi connectivity index (χ0n) is 12.5. The SMILES string of the molecule is OC1CCN(c2ncc(-c3ccncc3)c(C3CC3)n2)CC1. The molecule has 2 fully saturated rings. The maximum absolute atomic E-state index is 9.65. The maximum Gasteiger partial charge on any atom is 0.225 e. The molecule has 2 aromatic rings. The lowest BCUT2D eigenvalue weighted by atomic mass is 10.0. The second-order valence-corrected chi connectivity index (χ2v) is 6.20. The van der Waals surface area contributed by atoms with Gasteiger partial charge in [-0.25, -0.2) is 9.97 Å². The predicted molar refractivity (Wildman–Crippen MR) is 84.7 cm³/mol. The minimum atomic E-state index is -0.171. The molecular weight excluding hydrogens is 276 g/mol. The first-order valence-electron chi connectivity index (χ1n) is 8.01. The second-order valence-electron chi connectivity index (χ2n) is 6.20. The van der Waals surface area contributed by atoms with Crippen molar-refractivity contribution in [1.82, 2.24) is 15.0 Å². The molecule has 0 spiro atoms. The van der Waals surface area contributed by atoms with Crippen LogP contribution < -0.4 is 4.90 Å². The summed E-state index contributed by atoms with van der Waals surface area (Å²) in [6.07, 6.45) is 9.44. The fourth-order valence-corrected chi connectivity index (χ4v) is 3.03. The molecule has 0 aromatic carbocycles. The lowest BCUT2D eigenvalue weighted by molar-refractivity contribution is 0.145. The van der Waals surface area contributed by atoms with E-state index in [1.54, 1.807) is 0 Å². The summed E-state index contributed by atoms with van der Waals surface area (Å²) in [6.45, 7) is 1.67. The number of nitrogens with zero attached hydrogens (tertiary/aromatic N) is 4. The van der Waals surface area contributed by atoms with Crippen LogP contribution in [0.5, 0.6) is 0 Å². The van der Waals surface area contributed by atoms with E-state index in [1.165, 1.54) is 18.5 Å². The average Bonchev–Trinajstić information content (AvgIpc) is 3.41. The summed E-state index contributed by atoms with van der Waals surface area (Å²) in [5.74, 6) is 1.38. The zero-order chi connectivity index (χ0) is 14.9. The normalized spacial score (nSPS) is 19.4. The summed E-state index contributed by atoms with van der Waals surface area (Å²) in [5.41, 5.74) is 3.44. The fourth-order valence-electron chi connectivity index (χ4n) is 3.03. The smallest absolute Gasteiger partial charge is 0.225 e. The predicted octanol–water partition coefficient (Wildman–Crippen LogP) is 2.38. The number of rotatable bonds is 3. The molecule has 2 aromatic heterocycles. The minimum Gasteiger partial charge on any atom is -0.393 e. The number of hydrogen-bond donors (Lipinski definition) is 1. The molecule has 1 aliphatic heterocycles. The van der Waals surface area contributed by atoms with Crippen molar-refractivity contribution in [3.05, 3.63) is 36.4 Å². The van der Waals surface area contributed by atoms with Gasteiger partial charge in [-0.2, -0.15) is 0 Å². The summed E-state index contributed by atoms with van der Waals surface area (Å²) in [6, 6.07) is 4.03. The largest absolute Gasteiger partial charge is 0.393 e. The molecule has 0 radical (unpaired) electrons. The van der Waals surface area contributed by atoms with Crippen LogP contribution in [0.3, 0.4) is 0 Å². The highest BCUT2D eigenvalue weighted by atomic mass is 16.3. The molecule has 0 unspecified atom stereocenters. The molecule has 5 heteroatoms. The molecule has 1 aliphatic carbocycles. The van der Waals surface area contributed by atoms with Crippen molar-refractivity contribution in [1.29, 1.82) is 0 Å². The number of anilines is 1. The lowest BCUT2D eigenvalue weighted by Gasteiger charge is -2.30. The van der Waals surface area contributed by atoms with Gasteiger partial charge < -0.3 is 10.0 Å². The van der Waals surface area contributed by atoms with E-state index in [2.05, 4.69) is 14.9 Å². The molecule has 22 heavy (non-hydrogen) atoms. The Balaban J connectivity index is 1.67. The Kier molecular flexibility index (Phi) is 3.50. The van der Waals surface area contributed by atoms with Gasteiger partial charge in [-0.1, -0.05) is 0 Å². The highest BCUT2D eigenvalue weighted by Crippen LogP contribution is 2.43. The van der Waals surface area contributed by atoms with Gasteiger partial charge in [0.25, 0.3) is 0 Å². The molecular formula is C17H20N4O. The first-order valence-corrected chi connectivity index (χ1v) is 8.01. The van der Waals surface area contributed by atoms with E-state index in [1.807, 2.05) is 30.7 Å². The zero-order valence-corrected chi connectivity index (χ0v) is 12.5. The van der Waals surface area contributed by atoms with Gasteiger partial charge in [0.05, 0.1) is 11.8 Å². The van der Waals surface area contributed by atoms with Gasteiger partial charge in [0, 0.05) is 43.2 Å². The quantitative estimate of drug-likeness (QED) is 0.942. The van der Waals surface area contributed by atoms with Gasteiger partial charge in [-0.05, 0) is 43.4 Å². The van der Waals surface area contributed by atoms with Crippen LogP contribution in [0.25, 0.3) is 11.1 Å². The lowest BCUT2D eigenvalue weighted by Crippen LogP contribution is -2.37. The van der Waals surface area contributed by atoms with Gasteiger partial charge in [0.1, 0.15) is 0 Å². The summed E-state index contributed by atoms with van der Waals surface area (Å²) in [4.78, 5) is 15.7. The van der Waals surface area contributed by atoms with Crippen LogP contribution in [-0.2, 0) is 0 Å². The molecule has 5 nitrogen and oxygen atoms in total. The molecule has 0 atom stereocenters. The van der Waals surface area contributed by atoms with Crippen LogP contribution in [0.1, 0.15) is 37.3 Å². The number of pyridine rings is 1. The Morgan fingerprint density at radius 3 is 2.45 bits per heavy atom. The van der Waals surface area contributed by atoms with Crippen molar-refractivity contribution >= 4 is 5.95 Å². The van der Waals surface area contributed by atoms with Gasteiger partial charge >= 0.3 is 0 Å². The molecule has 4 rings (SSSR count). The Bertz CT molecular complexity index is 649. The topological polar surface area (TPSA) is 62.1 Å². The van der Waals surface area contributed by atoms with E-state index in [-0.39, 0.29) is 6.10 Å². The molecule has 1 saturated heterocycles. The summed E-state index contributed by atoms with van der Waals surface area (Å²) < 4.78 is 0. The number of aliphatic hydroxyl groups is 1. The Hall–Kier alpha value is -2.01. The van der Waals surface area contributed by atoms with Gasteiger partial charge in [-0.3, -0.25) is 4.98 Å². The number of aromatic nitrogens is 3. The monoisotopic (exact) mass is 296 g/mol. The molecule has 2 aliphatic rings. The Morgan fingerprint density at radius 2 is 1.77 bits per heavy atom. The highest BCUT2D eigenvalue weighted by Gasteiger charge is 2.30. The maximum atomic E-state index is 9.65. The molecule has 0 bridgehead atoms. The van der Waals surface area contributed by atoms with E-state index in [4.69, 9.17) is 4.98 Å². The van der Waals surface area contributed by atoms with Crippen molar-refractivity contribution in [3.8, 4) is 11.1 Å². The standard InChI is InChI=1S/C17H20N4O/c22-14-5-9-21(10-6-14)17-19-11-15(12-3-7-18-8-4-12)16(20-17)13-1-2-13/h3-4,7-8,11,13-14,22H,1-2,5-6,9-10H2. The third-order valence-corrected chi connectivity index (χ3v) is 4.51. The number of hydrogen-bond acceptors (Lipinski definition) is 5. The molecule has 0 amide bonds. The van der Waals surface area contributed by atoms with Crippen LogP contribution in [-0.4, -0.2) is 39.3 Å². The van der Waals surface area contributed by atoms with E-state index in [9.17, 15) is 5.11 Å². The molecule has 3 heterocycles. The van der Waals surface area contributed by atoms with Crippen LogP contribution in [0.2, 0.25) is 0 Å². The van der Waals surface area contributed by atoms with Crippen molar-refractivity contribution in [2.75, 3.05) is 18.0 Å².